The zero-order valence-electron chi connectivity index (χ0n) is 11.5. The third kappa shape index (κ3) is 18.8. The van der Waals surface area contributed by atoms with Gasteiger partial charge >= 0.3 is 29.9 Å². The minimum atomic E-state index is -0.657. The Morgan fingerprint density at radius 3 is 1.47 bits per heavy atom. The molecule has 0 heterocycles. The molecule has 0 spiro atoms. The normalized spacial score (nSPS) is 9.94. The Kier molecular flexibility index (Phi) is 18.8. The van der Waals surface area contributed by atoms with Gasteiger partial charge < -0.3 is 5.11 Å². The summed E-state index contributed by atoms with van der Waals surface area (Å²) >= 11 is 0. The first-order valence-electron chi connectivity index (χ1n) is 6.99. The van der Waals surface area contributed by atoms with Crippen LogP contribution in [0, 0.1) is 0 Å². The monoisotopic (exact) mass is 350 g/mol. The SMILES string of the molecule is CCCCCCCCCCCCCC(=O)O.[SnH2]. The van der Waals surface area contributed by atoms with Crippen molar-refractivity contribution in [3.8, 4) is 0 Å². The molecule has 2 nitrogen and oxygen atoms in total. The average Bonchev–Trinajstić information content (AvgIpc) is 2.25. The van der Waals surface area contributed by atoms with Crippen molar-refractivity contribution in [2.45, 2.75) is 84.0 Å². The molecule has 0 saturated carbocycles. The molecule has 0 atom stereocenters. The van der Waals surface area contributed by atoms with Gasteiger partial charge in [0.05, 0.1) is 0 Å². The first-order valence-corrected chi connectivity index (χ1v) is 6.99. The van der Waals surface area contributed by atoms with Gasteiger partial charge in [0.1, 0.15) is 0 Å². The van der Waals surface area contributed by atoms with Crippen molar-refractivity contribution in [2.75, 3.05) is 0 Å². The number of aliphatic carboxylic acids is 1. The van der Waals surface area contributed by atoms with Crippen molar-refractivity contribution in [1.82, 2.24) is 0 Å². The summed E-state index contributed by atoms with van der Waals surface area (Å²) in [6.07, 6.45) is 14.4. The van der Waals surface area contributed by atoms with Crippen LogP contribution in [-0.4, -0.2) is 35.0 Å². The van der Waals surface area contributed by atoms with Gasteiger partial charge in [0, 0.05) is 6.42 Å². The molecule has 0 aliphatic carbocycles. The Hall–Kier alpha value is 0.269. The Bertz CT molecular complexity index is 160. The second-order valence-corrected chi connectivity index (χ2v) is 4.68. The minimum absolute atomic E-state index is 0. The van der Waals surface area contributed by atoms with Gasteiger partial charge in [-0.15, -0.1) is 0 Å². The summed E-state index contributed by atoms with van der Waals surface area (Å²) in [6, 6.07) is 0. The van der Waals surface area contributed by atoms with E-state index < -0.39 is 5.97 Å². The summed E-state index contributed by atoms with van der Waals surface area (Å²) in [4.78, 5) is 10.3. The zero-order valence-corrected chi connectivity index (χ0v) is 15.6. The fraction of sp³-hybridized carbons (Fsp3) is 0.929. The molecule has 0 bridgehead atoms. The molecule has 0 aromatic heterocycles. The number of carboxylic acid groups (broad SMARTS) is 1. The van der Waals surface area contributed by atoms with Crippen molar-refractivity contribution in [2.24, 2.45) is 0 Å². The third-order valence-corrected chi connectivity index (χ3v) is 2.99. The molecular formula is C14H30O2Sn. The average molecular weight is 349 g/mol. The summed E-state index contributed by atoms with van der Waals surface area (Å²) in [5.74, 6) is -0.657. The molecule has 102 valence electrons. The summed E-state index contributed by atoms with van der Waals surface area (Å²) in [6.45, 7) is 2.25. The van der Waals surface area contributed by atoms with Gasteiger partial charge in [-0.1, -0.05) is 71.1 Å². The maximum absolute atomic E-state index is 10.3. The molecule has 0 aromatic carbocycles. The molecule has 0 fully saturated rings. The van der Waals surface area contributed by atoms with Crippen LogP contribution < -0.4 is 0 Å². The van der Waals surface area contributed by atoms with E-state index >= 15 is 0 Å². The van der Waals surface area contributed by atoms with Crippen molar-refractivity contribution in [3.05, 3.63) is 0 Å². The second kappa shape index (κ2) is 16.3. The van der Waals surface area contributed by atoms with Crippen LogP contribution >= 0.6 is 0 Å². The topological polar surface area (TPSA) is 37.3 Å². The molecule has 0 aromatic rings. The Morgan fingerprint density at radius 1 is 0.765 bits per heavy atom. The first kappa shape index (κ1) is 19.6. The standard InChI is InChI=1S/C14H28O2.Sn.2H/c1-2-3-4-5-6-7-8-9-10-11-12-13-14(15)16;;;/h2-13H2,1H3,(H,15,16);;;. The Labute approximate surface area is 124 Å². The quantitative estimate of drug-likeness (QED) is 0.429. The van der Waals surface area contributed by atoms with Crippen molar-refractivity contribution < 1.29 is 9.90 Å². The first-order chi connectivity index (χ1) is 7.77. The van der Waals surface area contributed by atoms with Crippen molar-refractivity contribution in [1.29, 1.82) is 0 Å². The van der Waals surface area contributed by atoms with E-state index in [1.807, 2.05) is 0 Å². The number of hydrogen-bond acceptors (Lipinski definition) is 1. The van der Waals surface area contributed by atoms with Crippen LogP contribution in [0.15, 0.2) is 0 Å². The van der Waals surface area contributed by atoms with Crippen LogP contribution in [0.2, 0.25) is 0 Å². The summed E-state index contributed by atoms with van der Waals surface area (Å²) in [5.41, 5.74) is 0. The van der Waals surface area contributed by atoms with Crippen LogP contribution in [0.25, 0.3) is 0 Å². The number of carboxylic acids is 1. The van der Waals surface area contributed by atoms with Gasteiger partial charge in [-0.3, -0.25) is 4.79 Å². The molecule has 0 rings (SSSR count). The van der Waals surface area contributed by atoms with Gasteiger partial charge in [-0.25, -0.2) is 0 Å². The fourth-order valence-corrected chi connectivity index (χ4v) is 1.94. The molecular weight excluding hydrogens is 319 g/mol. The Morgan fingerprint density at radius 2 is 1.12 bits per heavy atom. The molecule has 17 heavy (non-hydrogen) atoms. The second-order valence-electron chi connectivity index (χ2n) is 4.68. The van der Waals surface area contributed by atoms with Crippen LogP contribution in [0.5, 0.6) is 0 Å². The van der Waals surface area contributed by atoms with E-state index in [0.717, 1.165) is 12.8 Å². The summed E-state index contributed by atoms with van der Waals surface area (Å²) < 4.78 is 0. The molecule has 0 amide bonds. The maximum atomic E-state index is 10.3. The van der Waals surface area contributed by atoms with Crippen molar-refractivity contribution in [3.63, 3.8) is 0 Å². The van der Waals surface area contributed by atoms with Gasteiger partial charge in [0.25, 0.3) is 0 Å². The summed E-state index contributed by atoms with van der Waals surface area (Å²) in [7, 11) is 0. The zero-order chi connectivity index (χ0) is 12.1. The predicted octanol–water partition coefficient (Wildman–Crippen LogP) is 3.86. The van der Waals surface area contributed by atoms with E-state index in [-0.39, 0.29) is 23.9 Å². The third-order valence-electron chi connectivity index (χ3n) is 2.99. The summed E-state index contributed by atoms with van der Waals surface area (Å²) in [5, 5.41) is 8.46. The van der Waals surface area contributed by atoms with E-state index in [0.29, 0.717) is 6.42 Å². The molecule has 0 aliphatic heterocycles. The van der Waals surface area contributed by atoms with Crippen LogP contribution in [-0.2, 0) is 4.79 Å². The predicted molar refractivity (Wildman–Crippen MR) is 77.3 cm³/mol. The van der Waals surface area contributed by atoms with Crippen molar-refractivity contribution >= 4 is 29.9 Å². The number of rotatable bonds is 12. The molecule has 0 saturated heterocycles. The van der Waals surface area contributed by atoms with Gasteiger partial charge in [-0.05, 0) is 6.42 Å². The Balaban J connectivity index is 0. The molecule has 0 aliphatic rings. The van der Waals surface area contributed by atoms with Gasteiger partial charge in [0.15, 0.2) is 0 Å². The molecule has 1 N–H and O–H groups in total. The van der Waals surface area contributed by atoms with E-state index in [9.17, 15) is 4.79 Å². The number of hydrogen-bond donors (Lipinski definition) is 1. The van der Waals surface area contributed by atoms with Crippen LogP contribution in [0.4, 0.5) is 0 Å². The van der Waals surface area contributed by atoms with E-state index in [1.54, 1.807) is 0 Å². The number of carbonyl (C=O) groups is 1. The van der Waals surface area contributed by atoms with E-state index in [1.165, 1.54) is 57.8 Å². The van der Waals surface area contributed by atoms with E-state index in [4.69, 9.17) is 5.11 Å². The van der Waals surface area contributed by atoms with E-state index in [2.05, 4.69) is 6.92 Å². The molecule has 0 unspecified atom stereocenters. The van der Waals surface area contributed by atoms with Crippen LogP contribution in [0.1, 0.15) is 84.0 Å². The molecule has 3 heteroatoms. The number of unbranched alkanes of at least 4 members (excludes halogenated alkanes) is 10. The fourth-order valence-electron chi connectivity index (χ4n) is 1.94. The molecule has 2 radical (unpaired) electrons. The van der Waals surface area contributed by atoms with Gasteiger partial charge in [0.2, 0.25) is 0 Å². The van der Waals surface area contributed by atoms with Crippen LogP contribution in [0.3, 0.4) is 0 Å². The van der Waals surface area contributed by atoms with Gasteiger partial charge in [-0.2, -0.15) is 0 Å².